The molecule has 0 unspecified atom stereocenters. The van der Waals surface area contributed by atoms with E-state index in [9.17, 15) is 4.79 Å². The Hall–Kier alpha value is -2.64. The zero-order chi connectivity index (χ0) is 20.1. The lowest BCUT2D eigenvalue weighted by molar-refractivity contribution is -0.856. The Kier molecular flexibility index (Phi) is 6.49. The molecular formula is C21H26N3O3S+. The van der Waals surface area contributed by atoms with Crippen LogP contribution in [0, 0.1) is 0 Å². The number of fused-ring (bicyclic) bond motifs is 1. The second-order valence-electron chi connectivity index (χ2n) is 6.70. The summed E-state index contributed by atoms with van der Waals surface area (Å²) in [5.74, 6) is 1.40. The molecular weight excluding hydrogens is 374 g/mol. The second kappa shape index (κ2) is 9.03. The van der Waals surface area contributed by atoms with Gasteiger partial charge in [-0.25, -0.2) is 4.98 Å². The molecule has 0 aliphatic rings. The highest BCUT2D eigenvalue weighted by molar-refractivity contribution is 7.22. The lowest BCUT2D eigenvalue weighted by atomic mass is 10.2. The highest BCUT2D eigenvalue weighted by Gasteiger charge is 2.22. The normalized spacial score (nSPS) is 11.0. The number of likely N-dealkylation sites (N-methyl/N-ethyl adjacent to an activating group) is 1. The van der Waals surface area contributed by atoms with Crippen LogP contribution in [-0.4, -0.2) is 51.8 Å². The summed E-state index contributed by atoms with van der Waals surface area (Å²) in [6.07, 6.45) is 0. The molecule has 0 saturated heterocycles. The first-order valence-electron chi connectivity index (χ1n) is 9.30. The van der Waals surface area contributed by atoms with Gasteiger partial charge in [0.1, 0.15) is 11.5 Å². The molecule has 2 aromatic carbocycles. The molecule has 7 heteroatoms. The van der Waals surface area contributed by atoms with Crippen LogP contribution in [0.15, 0.2) is 42.5 Å². The van der Waals surface area contributed by atoms with Gasteiger partial charge in [0.25, 0.3) is 5.91 Å². The van der Waals surface area contributed by atoms with Crippen molar-refractivity contribution in [3.05, 3.63) is 48.0 Å². The Bertz CT molecular complexity index is 955. The predicted molar refractivity (Wildman–Crippen MR) is 113 cm³/mol. The van der Waals surface area contributed by atoms with E-state index in [0.29, 0.717) is 29.6 Å². The van der Waals surface area contributed by atoms with Crippen molar-refractivity contribution in [2.24, 2.45) is 0 Å². The van der Waals surface area contributed by atoms with Gasteiger partial charge in [0.2, 0.25) is 0 Å². The number of hydrogen-bond donors (Lipinski definition) is 1. The van der Waals surface area contributed by atoms with Crippen molar-refractivity contribution in [3.63, 3.8) is 0 Å². The van der Waals surface area contributed by atoms with Gasteiger partial charge in [0.15, 0.2) is 5.13 Å². The highest BCUT2D eigenvalue weighted by atomic mass is 32.1. The molecule has 0 atom stereocenters. The van der Waals surface area contributed by atoms with Gasteiger partial charge in [-0.3, -0.25) is 9.69 Å². The van der Waals surface area contributed by atoms with Crippen LogP contribution in [0.1, 0.15) is 17.3 Å². The van der Waals surface area contributed by atoms with E-state index < -0.39 is 0 Å². The molecule has 28 heavy (non-hydrogen) atoms. The lowest BCUT2D eigenvalue weighted by Gasteiger charge is -2.21. The van der Waals surface area contributed by atoms with E-state index >= 15 is 0 Å². The number of aromatic nitrogens is 1. The Labute approximate surface area is 169 Å². The molecule has 0 saturated carbocycles. The molecule has 3 aromatic rings. The van der Waals surface area contributed by atoms with Gasteiger partial charge in [-0.15, -0.1) is 0 Å². The van der Waals surface area contributed by atoms with Crippen molar-refractivity contribution >= 4 is 32.6 Å². The first-order valence-corrected chi connectivity index (χ1v) is 10.1. The van der Waals surface area contributed by atoms with Gasteiger partial charge in [-0.05, 0) is 43.3 Å². The molecule has 0 spiro atoms. The Morgan fingerprint density at radius 3 is 2.71 bits per heavy atom. The maximum Gasteiger partial charge on any atom is 0.260 e. The number of ether oxygens (including phenoxy) is 2. The molecule has 1 heterocycles. The Morgan fingerprint density at radius 2 is 2.00 bits per heavy atom. The third kappa shape index (κ3) is 4.61. The predicted octanol–water partition coefficient (Wildman–Crippen LogP) is 2.49. The Balaban J connectivity index is 1.96. The van der Waals surface area contributed by atoms with E-state index in [2.05, 4.69) is 14.1 Å². The Morgan fingerprint density at radius 1 is 1.18 bits per heavy atom. The number of anilines is 1. The van der Waals surface area contributed by atoms with Crippen molar-refractivity contribution < 1.29 is 19.2 Å². The van der Waals surface area contributed by atoms with Crippen LogP contribution in [-0.2, 0) is 0 Å². The van der Waals surface area contributed by atoms with Crippen molar-refractivity contribution in [2.75, 3.05) is 45.8 Å². The minimum Gasteiger partial charge on any atom is -0.497 e. The molecule has 148 valence electrons. The van der Waals surface area contributed by atoms with Crippen LogP contribution < -0.4 is 19.3 Å². The first-order chi connectivity index (χ1) is 13.5. The van der Waals surface area contributed by atoms with Crippen molar-refractivity contribution in [1.29, 1.82) is 0 Å². The van der Waals surface area contributed by atoms with E-state index in [4.69, 9.17) is 14.5 Å². The highest BCUT2D eigenvalue weighted by Crippen LogP contribution is 2.32. The first kappa shape index (κ1) is 20.1. The third-order valence-electron chi connectivity index (χ3n) is 4.29. The number of benzene rings is 2. The summed E-state index contributed by atoms with van der Waals surface area (Å²) in [6.45, 7) is 3.97. The number of amides is 1. The van der Waals surface area contributed by atoms with E-state index in [0.717, 1.165) is 22.5 Å². The monoisotopic (exact) mass is 400 g/mol. The van der Waals surface area contributed by atoms with Crippen LogP contribution in [0.2, 0.25) is 0 Å². The van der Waals surface area contributed by atoms with Crippen LogP contribution >= 0.6 is 11.3 Å². The average molecular weight is 401 g/mol. The van der Waals surface area contributed by atoms with E-state index in [1.165, 1.54) is 16.2 Å². The summed E-state index contributed by atoms with van der Waals surface area (Å²) in [6, 6.07) is 13.1. The second-order valence-corrected chi connectivity index (χ2v) is 7.71. The van der Waals surface area contributed by atoms with E-state index in [1.807, 2.05) is 37.3 Å². The number of quaternary nitrogens is 1. The van der Waals surface area contributed by atoms with Crippen molar-refractivity contribution in [2.45, 2.75) is 6.92 Å². The molecule has 0 bridgehead atoms. The van der Waals surface area contributed by atoms with Crippen molar-refractivity contribution in [1.82, 2.24) is 4.98 Å². The molecule has 0 radical (unpaired) electrons. The van der Waals surface area contributed by atoms with Gasteiger partial charge < -0.3 is 14.4 Å². The third-order valence-corrected chi connectivity index (χ3v) is 5.33. The number of methoxy groups -OCH3 is 1. The van der Waals surface area contributed by atoms with E-state index in [1.54, 1.807) is 24.1 Å². The summed E-state index contributed by atoms with van der Waals surface area (Å²) in [7, 11) is 5.74. The molecule has 3 rings (SSSR count). The zero-order valence-electron chi connectivity index (χ0n) is 16.7. The molecule has 0 aliphatic heterocycles. The zero-order valence-corrected chi connectivity index (χ0v) is 17.5. The van der Waals surface area contributed by atoms with Gasteiger partial charge in [0, 0.05) is 5.56 Å². The molecule has 0 aliphatic carbocycles. The van der Waals surface area contributed by atoms with Crippen LogP contribution in [0.5, 0.6) is 11.5 Å². The number of hydrogen-bond acceptors (Lipinski definition) is 5. The number of nitrogens with one attached hydrogen (secondary N) is 1. The fourth-order valence-corrected chi connectivity index (χ4v) is 3.81. The molecule has 1 amide bonds. The largest absolute Gasteiger partial charge is 0.497 e. The number of rotatable bonds is 8. The average Bonchev–Trinajstić information content (AvgIpc) is 3.11. The lowest BCUT2D eigenvalue weighted by Crippen LogP contribution is -3.06. The summed E-state index contributed by atoms with van der Waals surface area (Å²) in [4.78, 5) is 21.0. The number of carbonyl (C=O) groups is 1. The smallest absolute Gasteiger partial charge is 0.260 e. The number of thiazole rings is 1. The summed E-state index contributed by atoms with van der Waals surface area (Å²) >= 11 is 1.50. The van der Waals surface area contributed by atoms with Crippen LogP contribution in [0.4, 0.5) is 5.13 Å². The molecule has 1 aromatic heterocycles. The molecule has 6 nitrogen and oxygen atoms in total. The van der Waals surface area contributed by atoms with E-state index in [-0.39, 0.29) is 5.91 Å². The summed E-state index contributed by atoms with van der Waals surface area (Å²) in [5.41, 5.74) is 1.45. The maximum atomic E-state index is 13.3. The minimum atomic E-state index is -0.0794. The SMILES string of the molecule is CCOc1ccc2nc(N(CC[NH+](C)C)C(=O)c3cccc(OC)c3)sc2c1. The van der Waals surface area contributed by atoms with Gasteiger partial charge in [-0.2, -0.15) is 0 Å². The fourth-order valence-electron chi connectivity index (χ4n) is 2.80. The standard InChI is InChI=1S/C21H25N3O3S/c1-5-27-17-9-10-18-19(14-17)28-21(22-18)24(12-11-23(2)3)20(25)15-7-6-8-16(13-15)26-4/h6-10,13-14H,5,11-12H2,1-4H3/p+1. The van der Waals surface area contributed by atoms with Gasteiger partial charge in [-0.1, -0.05) is 17.4 Å². The molecule has 1 N–H and O–H groups in total. The summed E-state index contributed by atoms with van der Waals surface area (Å²) in [5, 5.41) is 0.692. The minimum absolute atomic E-state index is 0.0794. The molecule has 0 fully saturated rings. The van der Waals surface area contributed by atoms with Crippen molar-refractivity contribution in [3.8, 4) is 11.5 Å². The van der Waals surface area contributed by atoms with Gasteiger partial charge in [0.05, 0.1) is 51.1 Å². The maximum absolute atomic E-state index is 13.3. The fraction of sp³-hybridized carbons (Fsp3) is 0.333. The van der Waals surface area contributed by atoms with Crippen LogP contribution in [0.3, 0.4) is 0 Å². The van der Waals surface area contributed by atoms with Gasteiger partial charge >= 0.3 is 0 Å². The summed E-state index contributed by atoms with van der Waals surface area (Å²) < 4.78 is 11.9. The number of nitrogens with zero attached hydrogens (tertiary/aromatic N) is 2. The topological polar surface area (TPSA) is 56.1 Å². The number of carbonyl (C=O) groups excluding carboxylic acids is 1. The van der Waals surface area contributed by atoms with Crippen LogP contribution in [0.25, 0.3) is 10.2 Å². The quantitative estimate of drug-likeness (QED) is 0.631.